The van der Waals surface area contributed by atoms with E-state index in [1.165, 1.54) is 0 Å². The molecule has 0 bridgehead atoms. The summed E-state index contributed by atoms with van der Waals surface area (Å²) in [4.78, 5) is 25.4. The summed E-state index contributed by atoms with van der Waals surface area (Å²) in [6.45, 7) is 9.15. The lowest BCUT2D eigenvalue weighted by Gasteiger charge is -2.37. The highest BCUT2D eigenvalue weighted by atomic mass is 16.7. The maximum absolute atomic E-state index is 12.9. The average molecular weight is 306 g/mol. The fourth-order valence-corrected chi connectivity index (χ4v) is 3.32. The fraction of sp³-hybridized carbons (Fsp3) is 0.647. The quantitative estimate of drug-likeness (QED) is 0.640. The molecule has 120 valence electrons. The third kappa shape index (κ3) is 1.81. The molecule has 2 aliphatic heterocycles. The molecule has 0 radical (unpaired) electrons. The molecule has 3 rings (SSSR count). The molecule has 0 aromatic rings. The van der Waals surface area contributed by atoms with E-state index < -0.39 is 17.0 Å². The molecule has 0 aromatic carbocycles. The second-order valence-electron chi connectivity index (χ2n) is 7.09. The zero-order chi connectivity index (χ0) is 16.4. The lowest BCUT2D eigenvalue weighted by molar-refractivity contribution is -0.128. The van der Waals surface area contributed by atoms with Crippen molar-refractivity contribution in [3.05, 3.63) is 22.7 Å². The number of hydrogen-bond donors (Lipinski definition) is 1. The summed E-state index contributed by atoms with van der Waals surface area (Å²) in [6, 6.07) is 0. The minimum atomic E-state index is -1.18. The van der Waals surface area contributed by atoms with Crippen LogP contribution in [0.2, 0.25) is 0 Å². The summed E-state index contributed by atoms with van der Waals surface area (Å²) in [6.07, 6.45) is 0.918. The molecule has 0 aromatic heterocycles. The predicted molar refractivity (Wildman–Crippen MR) is 79.2 cm³/mol. The van der Waals surface area contributed by atoms with Crippen LogP contribution in [0.1, 0.15) is 47.5 Å². The normalized spacial score (nSPS) is 33.9. The molecular weight excluding hydrogens is 284 g/mol. The van der Waals surface area contributed by atoms with Crippen molar-refractivity contribution in [2.45, 2.75) is 64.8 Å². The maximum Gasteiger partial charge on any atom is 0.215 e. The van der Waals surface area contributed by atoms with Crippen LogP contribution >= 0.6 is 0 Å². The van der Waals surface area contributed by atoms with Gasteiger partial charge in [-0.1, -0.05) is 13.8 Å². The largest absolute Gasteiger partial charge is 0.507 e. The van der Waals surface area contributed by atoms with Gasteiger partial charge in [-0.15, -0.1) is 0 Å². The Balaban J connectivity index is 2.12. The van der Waals surface area contributed by atoms with Gasteiger partial charge in [-0.05, 0) is 27.2 Å². The molecule has 3 aliphatic rings. The zero-order valence-corrected chi connectivity index (χ0v) is 13.6. The lowest BCUT2D eigenvalue weighted by atomic mass is 9.76. The molecule has 2 heterocycles. The standard InChI is InChI=1S/C17H22O5/c1-6-8(2)12(18)11-13(19)9(3)15-17(14(11)20)10(21-17)7-16(4,5)22-15/h8,10,19H,6-7H2,1-5H3. The Labute approximate surface area is 130 Å². The fourth-order valence-electron chi connectivity index (χ4n) is 3.32. The first-order chi connectivity index (χ1) is 10.2. The Bertz CT molecular complexity index is 639. The Kier molecular flexibility index (Phi) is 3.09. The molecule has 3 atom stereocenters. The number of aliphatic hydroxyl groups excluding tert-OH is 1. The second-order valence-corrected chi connectivity index (χ2v) is 7.09. The van der Waals surface area contributed by atoms with E-state index in [4.69, 9.17) is 9.47 Å². The number of ether oxygens (including phenoxy) is 2. The first-order valence-corrected chi connectivity index (χ1v) is 7.76. The van der Waals surface area contributed by atoms with Gasteiger partial charge in [0.2, 0.25) is 11.4 Å². The summed E-state index contributed by atoms with van der Waals surface area (Å²) in [5.74, 6) is -0.974. The Morgan fingerprint density at radius 3 is 2.68 bits per heavy atom. The second kappa shape index (κ2) is 4.44. The summed E-state index contributed by atoms with van der Waals surface area (Å²) >= 11 is 0. The van der Waals surface area contributed by atoms with E-state index in [0.29, 0.717) is 24.2 Å². The first-order valence-electron chi connectivity index (χ1n) is 7.76. The van der Waals surface area contributed by atoms with Crippen LogP contribution in [0.3, 0.4) is 0 Å². The van der Waals surface area contributed by atoms with Gasteiger partial charge in [0.25, 0.3) is 0 Å². The number of hydrogen-bond acceptors (Lipinski definition) is 5. The van der Waals surface area contributed by atoms with Crippen molar-refractivity contribution in [2.24, 2.45) is 5.92 Å². The van der Waals surface area contributed by atoms with Gasteiger partial charge in [-0.25, -0.2) is 0 Å². The first kappa shape index (κ1) is 15.3. The van der Waals surface area contributed by atoms with Gasteiger partial charge in [-0.3, -0.25) is 9.59 Å². The van der Waals surface area contributed by atoms with E-state index in [0.717, 1.165) is 0 Å². The third-order valence-corrected chi connectivity index (χ3v) is 4.92. The molecule has 5 heteroatoms. The molecule has 22 heavy (non-hydrogen) atoms. The number of Topliss-reactive ketones (excluding diaryl/α,β-unsaturated/α-hetero) is 2. The summed E-state index contributed by atoms with van der Waals surface area (Å²) in [5, 5.41) is 10.4. The predicted octanol–water partition coefficient (Wildman–Crippen LogP) is 2.61. The van der Waals surface area contributed by atoms with Crippen LogP contribution in [0, 0.1) is 5.92 Å². The van der Waals surface area contributed by atoms with Crippen LogP contribution in [-0.4, -0.2) is 34.0 Å². The van der Waals surface area contributed by atoms with E-state index in [2.05, 4.69) is 0 Å². The number of aliphatic hydroxyl groups is 1. The molecule has 1 spiro atoms. The minimum Gasteiger partial charge on any atom is -0.507 e. The van der Waals surface area contributed by atoms with E-state index in [9.17, 15) is 14.7 Å². The molecule has 2 saturated heterocycles. The van der Waals surface area contributed by atoms with Crippen molar-refractivity contribution >= 4 is 11.6 Å². The number of carbonyl (C=O) groups excluding carboxylic acids is 2. The van der Waals surface area contributed by atoms with Crippen LogP contribution in [0.4, 0.5) is 0 Å². The van der Waals surface area contributed by atoms with E-state index in [1.54, 1.807) is 13.8 Å². The molecule has 1 aliphatic carbocycles. The number of rotatable bonds is 3. The van der Waals surface area contributed by atoms with Gasteiger partial charge in [0.1, 0.15) is 28.8 Å². The number of ketones is 2. The maximum atomic E-state index is 12.9. The molecule has 2 fully saturated rings. The highest BCUT2D eigenvalue weighted by molar-refractivity contribution is 6.27. The van der Waals surface area contributed by atoms with E-state index in [1.807, 2.05) is 20.8 Å². The minimum absolute atomic E-state index is 0.124. The van der Waals surface area contributed by atoms with Crippen LogP contribution < -0.4 is 0 Å². The molecule has 1 N–H and O–H groups in total. The van der Waals surface area contributed by atoms with Crippen LogP contribution in [0.25, 0.3) is 0 Å². The van der Waals surface area contributed by atoms with Crippen molar-refractivity contribution in [1.29, 1.82) is 0 Å². The average Bonchev–Trinajstić information content (AvgIpc) is 3.16. The molecule has 0 saturated carbocycles. The van der Waals surface area contributed by atoms with Crippen LogP contribution in [0.15, 0.2) is 22.7 Å². The molecule has 3 unspecified atom stereocenters. The van der Waals surface area contributed by atoms with Gasteiger partial charge in [0.05, 0.1) is 0 Å². The summed E-state index contributed by atoms with van der Waals surface area (Å²) in [7, 11) is 0. The number of carbonyl (C=O) groups is 2. The van der Waals surface area contributed by atoms with Crippen LogP contribution in [-0.2, 0) is 19.1 Å². The topological polar surface area (TPSA) is 76.1 Å². The third-order valence-electron chi connectivity index (χ3n) is 4.92. The molecular formula is C17H22O5. The van der Waals surface area contributed by atoms with Crippen molar-refractivity contribution in [1.82, 2.24) is 0 Å². The van der Waals surface area contributed by atoms with Gasteiger partial charge >= 0.3 is 0 Å². The molecule has 5 nitrogen and oxygen atoms in total. The van der Waals surface area contributed by atoms with E-state index in [-0.39, 0.29) is 29.1 Å². The lowest BCUT2D eigenvalue weighted by Crippen LogP contribution is -2.47. The van der Waals surface area contributed by atoms with Gasteiger partial charge < -0.3 is 14.6 Å². The van der Waals surface area contributed by atoms with Gasteiger partial charge in [0.15, 0.2) is 5.78 Å². The smallest absolute Gasteiger partial charge is 0.215 e. The highest BCUT2D eigenvalue weighted by Crippen LogP contribution is 2.58. The van der Waals surface area contributed by atoms with Crippen molar-refractivity contribution < 1.29 is 24.2 Å². The zero-order valence-electron chi connectivity index (χ0n) is 13.6. The highest BCUT2D eigenvalue weighted by Gasteiger charge is 2.73. The monoisotopic (exact) mass is 306 g/mol. The van der Waals surface area contributed by atoms with Crippen molar-refractivity contribution in [3.63, 3.8) is 0 Å². The van der Waals surface area contributed by atoms with E-state index >= 15 is 0 Å². The van der Waals surface area contributed by atoms with Gasteiger partial charge in [-0.2, -0.15) is 0 Å². The Morgan fingerprint density at radius 2 is 2.09 bits per heavy atom. The Morgan fingerprint density at radius 1 is 1.45 bits per heavy atom. The summed E-state index contributed by atoms with van der Waals surface area (Å²) < 4.78 is 11.6. The summed E-state index contributed by atoms with van der Waals surface area (Å²) in [5.41, 5.74) is -1.33. The SMILES string of the molecule is CCC(C)C(=O)C1=C(O)C(C)=C2OC(C)(C)CC3OC23C1=O. The van der Waals surface area contributed by atoms with Gasteiger partial charge in [0, 0.05) is 17.9 Å². The number of allylic oxidation sites excluding steroid dienone is 1. The van der Waals surface area contributed by atoms with Crippen molar-refractivity contribution in [3.8, 4) is 0 Å². The van der Waals surface area contributed by atoms with Crippen molar-refractivity contribution in [2.75, 3.05) is 0 Å². The van der Waals surface area contributed by atoms with Crippen LogP contribution in [0.5, 0.6) is 0 Å². The molecule has 0 amide bonds. The number of epoxide rings is 1. The Hall–Kier alpha value is -1.62.